The number of carbonyl (C=O) groups is 2. The Labute approximate surface area is 154 Å². The number of carbonyl (C=O) groups excluding carboxylic acids is 2. The van der Waals surface area contributed by atoms with Crippen LogP contribution >= 0.6 is 11.6 Å². The van der Waals surface area contributed by atoms with E-state index in [2.05, 4.69) is 0 Å². The summed E-state index contributed by atoms with van der Waals surface area (Å²) >= 11 is 5.98. The molecule has 1 aromatic rings. The number of hydrogen-bond acceptors (Lipinski definition) is 5. The van der Waals surface area contributed by atoms with Crippen LogP contribution in [0.3, 0.4) is 0 Å². The molecule has 0 aliphatic carbocycles. The lowest BCUT2D eigenvalue weighted by Gasteiger charge is -2.32. The first-order valence-corrected chi connectivity index (χ1v) is 10.2. The molecular formula is C17H24ClNO5S. The molecule has 0 heterocycles. The molecule has 0 fully saturated rings. The molecule has 6 nitrogen and oxygen atoms in total. The Morgan fingerprint density at radius 3 is 2.04 bits per heavy atom. The van der Waals surface area contributed by atoms with Gasteiger partial charge in [-0.1, -0.05) is 11.6 Å². The lowest BCUT2D eigenvalue weighted by molar-refractivity contribution is -0.143. The first-order valence-electron chi connectivity index (χ1n) is 7.89. The van der Waals surface area contributed by atoms with Crippen LogP contribution in [-0.4, -0.2) is 49.6 Å². The predicted octanol–water partition coefficient (Wildman–Crippen LogP) is 2.93. The molecule has 0 N–H and O–H groups in total. The van der Waals surface area contributed by atoms with Crippen molar-refractivity contribution in [2.45, 2.75) is 57.7 Å². The average Bonchev–Trinajstić information content (AvgIpc) is 2.45. The van der Waals surface area contributed by atoms with Crippen LogP contribution in [0.25, 0.3) is 0 Å². The monoisotopic (exact) mass is 389 g/mol. The van der Waals surface area contributed by atoms with Crippen molar-refractivity contribution in [3.63, 3.8) is 0 Å². The van der Waals surface area contributed by atoms with Gasteiger partial charge < -0.3 is 9.64 Å². The van der Waals surface area contributed by atoms with E-state index in [0.717, 1.165) is 12.3 Å². The van der Waals surface area contributed by atoms with Gasteiger partial charge in [0.2, 0.25) is 0 Å². The topological polar surface area (TPSA) is 80.8 Å². The van der Waals surface area contributed by atoms with Gasteiger partial charge in [0.15, 0.2) is 15.9 Å². The zero-order valence-electron chi connectivity index (χ0n) is 15.2. The second kappa shape index (κ2) is 8.19. The van der Waals surface area contributed by atoms with Crippen molar-refractivity contribution in [1.82, 2.24) is 4.90 Å². The summed E-state index contributed by atoms with van der Waals surface area (Å²) in [5.41, 5.74) is -0.0927. The number of ether oxygens (including phenoxy) is 1. The van der Waals surface area contributed by atoms with Crippen molar-refractivity contribution >= 4 is 33.3 Å². The summed E-state index contributed by atoms with van der Waals surface area (Å²) in [7, 11) is -3.50. The Morgan fingerprint density at radius 1 is 1.08 bits per heavy atom. The average molecular weight is 390 g/mol. The van der Waals surface area contributed by atoms with E-state index in [1.807, 2.05) is 27.7 Å². The second-order valence-electron chi connectivity index (χ2n) is 6.39. The van der Waals surface area contributed by atoms with Crippen LogP contribution < -0.4 is 0 Å². The zero-order chi connectivity index (χ0) is 19.5. The van der Waals surface area contributed by atoms with Gasteiger partial charge in [-0.05, 0) is 52.8 Å². The van der Waals surface area contributed by atoms with Gasteiger partial charge in [-0.3, -0.25) is 4.79 Å². The fourth-order valence-corrected chi connectivity index (χ4v) is 3.32. The third kappa shape index (κ3) is 5.44. The Hall–Kier alpha value is -1.60. The molecule has 0 aromatic heterocycles. The fourth-order valence-electron chi connectivity index (χ4n) is 2.48. The van der Waals surface area contributed by atoms with E-state index in [1.165, 1.54) is 19.1 Å². The Kier molecular flexibility index (Phi) is 7.02. The molecule has 1 amide bonds. The minimum atomic E-state index is -3.50. The maximum atomic E-state index is 12.5. The summed E-state index contributed by atoms with van der Waals surface area (Å²) < 4.78 is 28.5. The number of amides is 1. The highest BCUT2D eigenvalue weighted by Crippen LogP contribution is 2.22. The summed E-state index contributed by atoms with van der Waals surface area (Å²) in [5.74, 6) is -1.17. The molecule has 1 atom stereocenters. The van der Waals surface area contributed by atoms with Gasteiger partial charge in [0.25, 0.3) is 5.91 Å². The van der Waals surface area contributed by atoms with Gasteiger partial charge >= 0.3 is 5.97 Å². The van der Waals surface area contributed by atoms with Crippen LogP contribution in [0, 0.1) is 0 Å². The van der Waals surface area contributed by atoms with Gasteiger partial charge in [0.05, 0.1) is 15.5 Å². The molecule has 8 heteroatoms. The van der Waals surface area contributed by atoms with Crippen LogP contribution in [0.2, 0.25) is 5.02 Å². The van der Waals surface area contributed by atoms with Gasteiger partial charge in [-0.15, -0.1) is 0 Å². The molecule has 25 heavy (non-hydrogen) atoms. The lowest BCUT2D eigenvalue weighted by Crippen LogP contribution is -2.47. The van der Waals surface area contributed by atoms with Gasteiger partial charge in [-0.25, -0.2) is 13.2 Å². The number of esters is 1. The smallest absolute Gasteiger partial charge is 0.340 e. The molecule has 0 bridgehead atoms. The SMILES string of the molecule is CC(C)N(C(=O)[C@H](C)OC(=O)c1cc(S(C)(=O)=O)ccc1Cl)C(C)C. The molecule has 0 unspecified atom stereocenters. The first-order chi connectivity index (χ1) is 11.4. The van der Waals surface area contributed by atoms with E-state index >= 15 is 0 Å². The van der Waals surface area contributed by atoms with E-state index in [9.17, 15) is 18.0 Å². The van der Waals surface area contributed by atoms with E-state index in [-0.39, 0.29) is 33.5 Å². The highest BCUT2D eigenvalue weighted by atomic mass is 35.5. The summed E-state index contributed by atoms with van der Waals surface area (Å²) in [4.78, 5) is 26.4. The maximum absolute atomic E-state index is 12.5. The van der Waals surface area contributed by atoms with Gasteiger partial charge in [-0.2, -0.15) is 0 Å². The first kappa shape index (κ1) is 21.4. The van der Waals surface area contributed by atoms with Crippen molar-refractivity contribution in [1.29, 1.82) is 0 Å². The molecular weight excluding hydrogens is 366 g/mol. The van der Waals surface area contributed by atoms with Gasteiger partial charge in [0, 0.05) is 18.3 Å². The number of nitrogens with zero attached hydrogens (tertiary/aromatic N) is 1. The van der Waals surface area contributed by atoms with E-state index in [0.29, 0.717) is 0 Å². The standard InChI is InChI=1S/C17H24ClNO5S/c1-10(2)19(11(3)4)16(20)12(5)24-17(21)14-9-13(25(6,22)23)7-8-15(14)18/h7-12H,1-6H3/t12-/m0/s1. The largest absolute Gasteiger partial charge is 0.449 e. The summed E-state index contributed by atoms with van der Waals surface area (Å²) in [6.45, 7) is 8.97. The number of sulfone groups is 1. The zero-order valence-corrected chi connectivity index (χ0v) is 16.8. The predicted molar refractivity (Wildman–Crippen MR) is 96.6 cm³/mol. The van der Waals surface area contributed by atoms with Crippen molar-refractivity contribution in [2.75, 3.05) is 6.26 Å². The fraction of sp³-hybridized carbons (Fsp3) is 0.529. The quantitative estimate of drug-likeness (QED) is 0.699. The van der Waals surface area contributed by atoms with Crippen LogP contribution in [0.1, 0.15) is 45.0 Å². The van der Waals surface area contributed by atoms with Crippen LogP contribution in [-0.2, 0) is 19.4 Å². The van der Waals surface area contributed by atoms with Gasteiger partial charge in [0.1, 0.15) is 0 Å². The van der Waals surface area contributed by atoms with Crippen LogP contribution in [0.5, 0.6) is 0 Å². The lowest BCUT2D eigenvalue weighted by atomic mass is 10.2. The third-order valence-corrected chi connectivity index (χ3v) is 5.02. The van der Waals surface area contributed by atoms with Crippen molar-refractivity contribution in [3.8, 4) is 0 Å². The second-order valence-corrected chi connectivity index (χ2v) is 8.82. The maximum Gasteiger partial charge on any atom is 0.340 e. The van der Waals surface area contributed by atoms with Crippen molar-refractivity contribution in [3.05, 3.63) is 28.8 Å². The third-order valence-electron chi connectivity index (χ3n) is 3.58. The van der Waals surface area contributed by atoms with E-state index < -0.39 is 21.9 Å². The Bertz CT molecular complexity index is 750. The highest BCUT2D eigenvalue weighted by molar-refractivity contribution is 7.90. The normalized spacial score (nSPS) is 13.0. The van der Waals surface area contributed by atoms with E-state index in [1.54, 1.807) is 4.90 Å². The Morgan fingerprint density at radius 2 is 1.60 bits per heavy atom. The number of halogens is 1. The molecule has 1 rings (SSSR count). The number of benzene rings is 1. The van der Waals surface area contributed by atoms with Crippen LogP contribution in [0.15, 0.2) is 23.1 Å². The Balaban J connectivity index is 3.04. The van der Waals surface area contributed by atoms with Crippen molar-refractivity contribution in [2.24, 2.45) is 0 Å². The molecule has 0 radical (unpaired) electrons. The number of rotatable bonds is 6. The minimum absolute atomic E-state index is 0.0474. The number of hydrogen-bond donors (Lipinski definition) is 0. The molecule has 0 aliphatic rings. The molecule has 0 aliphatic heterocycles. The summed E-state index contributed by atoms with van der Waals surface area (Å²) in [6, 6.07) is 3.68. The van der Waals surface area contributed by atoms with Crippen molar-refractivity contribution < 1.29 is 22.7 Å². The molecule has 0 saturated heterocycles. The molecule has 0 saturated carbocycles. The molecule has 140 valence electrons. The molecule has 0 spiro atoms. The van der Waals surface area contributed by atoms with E-state index in [4.69, 9.17) is 16.3 Å². The van der Waals surface area contributed by atoms with Crippen LogP contribution in [0.4, 0.5) is 0 Å². The summed E-state index contributed by atoms with van der Waals surface area (Å²) in [5, 5.41) is 0.0571. The highest BCUT2D eigenvalue weighted by Gasteiger charge is 2.28. The minimum Gasteiger partial charge on any atom is -0.449 e. The molecule has 1 aromatic carbocycles. The summed E-state index contributed by atoms with van der Waals surface area (Å²) in [6.07, 6.45) is 0.0101.